The van der Waals surface area contributed by atoms with E-state index in [2.05, 4.69) is 44.2 Å². The molecule has 0 aliphatic rings. The molecule has 4 nitrogen and oxygen atoms in total. The Morgan fingerprint density at radius 3 is 1.94 bits per heavy atom. The number of carbonyl (C=O) groups is 2. The summed E-state index contributed by atoms with van der Waals surface area (Å²) < 4.78 is 5.77. The molecule has 35 heavy (non-hydrogen) atoms. The Morgan fingerprint density at radius 2 is 1.26 bits per heavy atom. The molecule has 0 amide bonds. The number of ether oxygens (including phenoxy) is 1. The van der Waals surface area contributed by atoms with E-state index in [0.717, 1.165) is 57.8 Å². The van der Waals surface area contributed by atoms with Gasteiger partial charge in [0.1, 0.15) is 6.10 Å². The zero-order chi connectivity index (χ0) is 25.8. The van der Waals surface area contributed by atoms with Gasteiger partial charge in [0.05, 0.1) is 0 Å². The fraction of sp³-hybridized carbons (Fsp3) is 0.742. The minimum atomic E-state index is -0.731. The Morgan fingerprint density at radius 1 is 0.657 bits per heavy atom. The van der Waals surface area contributed by atoms with Crippen LogP contribution in [-0.2, 0) is 14.3 Å². The van der Waals surface area contributed by atoms with E-state index >= 15 is 0 Å². The van der Waals surface area contributed by atoms with Crippen molar-refractivity contribution in [3.05, 3.63) is 36.5 Å². The Hall–Kier alpha value is -1.84. The van der Waals surface area contributed by atoms with Gasteiger partial charge in [0.2, 0.25) is 0 Å². The zero-order valence-corrected chi connectivity index (χ0v) is 22.9. The largest absolute Gasteiger partial charge is 0.481 e. The Balaban J connectivity index is 4.09. The molecular weight excluding hydrogens is 436 g/mol. The maximum Gasteiger partial charge on any atom is 0.306 e. The summed E-state index contributed by atoms with van der Waals surface area (Å²) in [6.07, 6.45) is 33.1. The average molecular weight is 491 g/mol. The van der Waals surface area contributed by atoms with Gasteiger partial charge in [0.25, 0.3) is 0 Å². The minimum absolute atomic E-state index is 0.0953. The second-order valence-corrected chi connectivity index (χ2v) is 9.57. The first kappa shape index (κ1) is 33.2. The van der Waals surface area contributed by atoms with E-state index in [1.807, 2.05) is 6.08 Å². The molecule has 0 saturated carbocycles. The summed E-state index contributed by atoms with van der Waals surface area (Å²) in [4.78, 5) is 23.0. The highest BCUT2D eigenvalue weighted by Crippen LogP contribution is 2.14. The molecule has 0 bridgehead atoms. The summed E-state index contributed by atoms with van der Waals surface area (Å²) in [5, 5.41) is 8.74. The van der Waals surface area contributed by atoms with Crippen LogP contribution < -0.4 is 0 Å². The molecule has 202 valence electrons. The molecule has 0 aliphatic carbocycles. The third-order valence-corrected chi connectivity index (χ3v) is 6.05. The average Bonchev–Trinajstić information content (AvgIpc) is 2.83. The van der Waals surface area contributed by atoms with Crippen LogP contribution in [0.1, 0.15) is 142 Å². The number of hydrogen-bond donors (Lipinski definition) is 1. The number of carboxylic acids is 1. The highest BCUT2D eigenvalue weighted by molar-refractivity contribution is 5.69. The first-order valence-corrected chi connectivity index (χ1v) is 14.5. The molecule has 0 spiro atoms. The van der Waals surface area contributed by atoms with Gasteiger partial charge in [-0.2, -0.15) is 0 Å². The van der Waals surface area contributed by atoms with Gasteiger partial charge < -0.3 is 9.84 Å². The molecule has 0 saturated heterocycles. The molecule has 0 aliphatic heterocycles. The van der Waals surface area contributed by atoms with Gasteiger partial charge in [0.15, 0.2) is 0 Å². The van der Waals surface area contributed by atoms with Crippen molar-refractivity contribution in [2.24, 2.45) is 0 Å². The van der Waals surface area contributed by atoms with Crippen LogP contribution >= 0.6 is 0 Å². The number of allylic oxidation sites excluding steroid dienone is 5. The quantitative estimate of drug-likeness (QED) is 0.0786. The summed E-state index contributed by atoms with van der Waals surface area (Å²) in [5.41, 5.74) is 0. The van der Waals surface area contributed by atoms with Crippen LogP contribution in [0.3, 0.4) is 0 Å². The number of hydrogen-bond acceptors (Lipinski definition) is 3. The molecule has 0 heterocycles. The van der Waals surface area contributed by atoms with Crippen molar-refractivity contribution >= 4 is 11.9 Å². The van der Waals surface area contributed by atoms with Gasteiger partial charge >= 0.3 is 11.9 Å². The summed E-state index contributed by atoms with van der Waals surface area (Å²) in [5.74, 6) is -0.826. The number of unbranched alkanes of at least 4 members (excludes halogenated alkanes) is 12. The fourth-order valence-corrected chi connectivity index (χ4v) is 3.90. The molecular formula is C31H54O4. The van der Waals surface area contributed by atoms with Gasteiger partial charge in [-0.15, -0.1) is 0 Å². The lowest BCUT2D eigenvalue weighted by Crippen LogP contribution is -2.16. The number of esters is 1. The van der Waals surface area contributed by atoms with E-state index in [-0.39, 0.29) is 18.5 Å². The highest BCUT2D eigenvalue weighted by atomic mass is 16.5. The minimum Gasteiger partial charge on any atom is -0.481 e. The number of rotatable bonds is 25. The Kier molecular flexibility index (Phi) is 25.4. The predicted molar refractivity (Wildman–Crippen MR) is 149 cm³/mol. The van der Waals surface area contributed by atoms with Crippen LogP contribution in [0.15, 0.2) is 36.5 Å². The van der Waals surface area contributed by atoms with Crippen LogP contribution in [0.4, 0.5) is 0 Å². The van der Waals surface area contributed by atoms with Crippen molar-refractivity contribution in [2.75, 3.05) is 0 Å². The van der Waals surface area contributed by atoms with Crippen molar-refractivity contribution in [1.29, 1.82) is 0 Å². The fourth-order valence-electron chi connectivity index (χ4n) is 3.90. The lowest BCUT2D eigenvalue weighted by Gasteiger charge is -2.14. The number of carboxylic acid groups (broad SMARTS) is 1. The number of aliphatic carboxylic acids is 1. The SMILES string of the molecule is CCC/C=C\C/C=C\C(CCCCCCC(=O)O)OC(=O)CCCCCCC/C=C\CCCCC. The van der Waals surface area contributed by atoms with Gasteiger partial charge in [-0.25, -0.2) is 0 Å². The van der Waals surface area contributed by atoms with Gasteiger partial charge in [-0.1, -0.05) is 95.6 Å². The normalized spacial score (nSPS) is 12.7. The molecule has 0 aromatic heterocycles. The Bertz CT molecular complexity index is 577. The predicted octanol–water partition coefficient (Wildman–Crippen LogP) is 9.49. The van der Waals surface area contributed by atoms with Gasteiger partial charge in [-0.3, -0.25) is 9.59 Å². The molecule has 0 aromatic rings. The first-order valence-electron chi connectivity index (χ1n) is 14.5. The molecule has 1 unspecified atom stereocenters. The van der Waals surface area contributed by atoms with Crippen LogP contribution in [0, 0.1) is 0 Å². The smallest absolute Gasteiger partial charge is 0.306 e. The molecule has 0 rings (SSSR count). The van der Waals surface area contributed by atoms with E-state index < -0.39 is 5.97 Å². The standard InChI is InChI=1S/C31H54O4/c1-3-5-7-9-11-12-13-14-15-16-18-24-28-31(34)35-29(25-21-17-10-8-6-4-2)26-22-19-20-23-27-30(32)33/h8,10-12,21,25,29H,3-7,9,13-20,22-24,26-28H2,1-2H3,(H,32,33)/b10-8-,12-11-,25-21-. The number of carbonyl (C=O) groups excluding carboxylic acids is 1. The van der Waals surface area contributed by atoms with Crippen LogP contribution in [0.2, 0.25) is 0 Å². The zero-order valence-electron chi connectivity index (χ0n) is 22.9. The van der Waals surface area contributed by atoms with Crippen molar-refractivity contribution < 1.29 is 19.4 Å². The summed E-state index contributed by atoms with van der Waals surface area (Å²) in [6.45, 7) is 4.41. The van der Waals surface area contributed by atoms with E-state index in [1.165, 1.54) is 51.4 Å². The van der Waals surface area contributed by atoms with Crippen LogP contribution in [0.5, 0.6) is 0 Å². The molecule has 0 fully saturated rings. The third kappa shape index (κ3) is 26.6. The summed E-state index contributed by atoms with van der Waals surface area (Å²) in [7, 11) is 0. The lowest BCUT2D eigenvalue weighted by molar-refractivity contribution is -0.147. The molecule has 4 heteroatoms. The van der Waals surface area contributed by atoms with Crippen LogP contribution in [-0.4, -0.2) is 23.1 Å². The van der Waals surface area contributed by atoms with Crippen LogP contribution in [0.25, 0.3) is 0 Å². The van der Waals surface area contributed by atoms with E-state index in [0.29, 0.717) is 12.8 Å². The lowest BCUT2D eigenvalue weighted by atomic mass is 10.1. The molecule has 0 radical (unpaired) electrons. The Labute approximate surface area is 216 Å². The van der Waals surface area contributed by atoms with Gasteiger partial charge in [0, 0.05) is 12.8 Å². The third-order valence-electron chi connectivity index (χ3n) is 6.05. The summed E-state index contributed by atoms with van der Waals surface area (Å²) in [6, 6.07) is 0. The summed E-state index contributed by atoms with van der Waals surface area (Å²) >= 11 is 0. The first-order chi connectivity index (χ1) is 17.1. The van der Waals surface area contributed by atoms with Crippen molar-refractivity contribution in [3.8, 4) is 0 Å². The second kappa shape index (κ2) is 26.8. The highest BCUT2D eigenvalue weighted by Gasteiger charge is 2.11. The maximum absolute atomic E-state index is 12.4. The molecule has 1 N–H and O–H groups in total. The van der Waals surface area contributed by atoms with Gasteiger partial charge in [-0.05, 0) is 70.3 Å². The van der Waals surface area contributed by atoms with E-state index in [1.54, 1.807) is 0 Å². The second-order valence-electron chi connectivity index (χ2n) is 9.57. The van der Waals surface area contributed by atoms with Crippen molar-refractivity contribution in [1.82, 2.24) is 0 Å². The molecule has 1 atom stereocenters. The van der Waals surface area contributed by atoms with Crippen molar-refractivity contribution in [2.45, 2.75) is 148 Å². The van der Waals surface area contributed by atoms with E-state index in [4.69, 9.17) is 9.84 Å². The van der Waals surface area contributed by atoms with E-state index in [9.17, 15) is 9.59 Å². The topological polar surface area (TPSA) is 63.6 Å². The van der Waals surface area contributed by atoms with Crippen molar-refractivity contribution in [3.63, 3.8) is 0 Å². The monoisotopic (exact) mass is 490 g/mol. The maximum atomic E-state index is 12.4. The molecule has 0 aromatic carbocycles.